The zero-order chi connectivity index (χ0) is 14.2. The largest absolute Gasteiger partial charge is 0.369 e. The smallest absolute Gasteiger partial charge is 0.344 e. The summed E-state index contributed by atoms with van der Waals surface area (Å²) in [6.45, 7) is 2.28. The van der Waals surface area contributed by atoms with E-state index in [2.05, 4.69) is 15.3 Å². The molecule has 6 nitrogen and oxygen atoms in total. The number of guanidine groups is 1. The fourth-order valence-corrected chi connectivity index (χ4v) is 2.18. The molecule has 1 saturated heterocycles. The number of piperidine rings is 1. The first kappa shape index (κ1) is 14.3. The molecular weight excluding hydrogens is 254 g/mol. The molecular formula is C14H21N5O. The summed E-state index contributed by atoms with van der Waals surface area (Å²) < 4.78 is 0. The normalized spacial score (nSPS) is 16.0. The molecule has 6 heteroatoms. The third-order valence-electron chi connectivity index (χ3n) is 3.28. The van der Waals surface area contributed by atoms with Crippen molar-refractivity contribution in [1.29, 1.82) is 0 Å². The van der Waals surface area contributed by atoms with Crippen molar-refractivity contribution in [2.45, 2.75) is 25.7 Å². The molecule has 0 radical (unpaired) electrons. The predicted octanol–water partition coefficient (Wildman–Crippen LogP) is 1.13. The van der Waals surface area contributed by atoms with Gasteiger partial charge in [-0.15, -0.1) is 0 Å². The number of nitrogens with one attached hydrogen (secondary N) is 1. The topological polar surface area (TPSA) is 83.6 Å². The van der Waals surface area contributed by atoms with Crippen LogP contribution in [0.15, 0.2) is 29.4 Å². The van der Waals surface area contributed by atoms with Crippen molar-refractivity contribution < 1.29 is 4.79 Å². The molecule has 1 aliphatic heterocycles. The minimum absolute atomic E-state index is 0.319. The van der Waals surface area contributed by atoms with Crippen molar-refractivity contribution in [3.05, 3.63) is 30.1 Å². The van der Waals surface area contributed by atoms with Gasteiger partial charge in [-0.05, 0) is 31.4 Å². The van der Waals surface area contributed by atoms with Gasteiger partial charge in [-0.2, -0.15) is 4.99 Å². The first-order valence-electron chi connectivity index (χ1n) is 7.02. The molecule has 0 bridgehead atoms. The number of nitrogens with zero attached hydrogens (tertiary/aromatic N) is 3. The average Bonchev–Trinajstić information content (AvgIpc) is 2.49. The number of nitrogens with two attached hydrogens (primary N) is 1. The highest BCUT2D eigenvalue weighted by Gasteiger charge is 2.13. The van der Waals surface area contributed by atoms with Gasteiger partial charge in [0.1, 0.15) is 0 Å². The van der Waals surface area contributed by atoms with Gasteiger partial charge in [0.25, 0.3) is 0 Å². The number of carbonyl (C=O) groups is 1. The van der Waals surface area contributed by atoms with E-state index in [0.717, 1.165) is 31.6 Å². The summed E-state index contributed by atoms with van der Waals surface area (Å²) in [5.41, 5.74) is 6.78. The van der Waals surface area contributed by atoms with E-state index in [1.54, 1.807) is 6.20 Å². The van der Waals surface area contributed by atoms with Crippen LogP contribution in [0, 0.1) is 0 Å². The van der Waals surface area contributed by atoms with Gasteiger partial charge in [0, 0.05) is 37.9 Å². The van der Waals surface area contributed by atoms with Crippen molar-refractivity contribution in [3.63, 3.8) is 0 Å². The molecule has 2 heterocycles. The first-order valence-corrected chi connectivity index (χ1v) is 7.02. The molecule has 2 amide bonds. The average molecular weight is 275 g/mol. The number of carbonyl (C=O) groups excluding carboxylic acids is 1. The number of aromatic nitrogens is 1. The minimum atomic E-state index is -0.385. The van der Waals surface area contributed by atoms with Gasteiger partial charge in [0.2, 0.25) is 5.96 Å². The van der Waals surface area contributed by atoms with Gasteiger partial charge in [0.15, 0.2) is 0 Å². The van der Waals surface area contributed by atoms with E-state index in [1.165, 1.54) is 6.42 Å². The fourth-order valence-electron chi connectivity index (χ4n) is 2.18. The van der Waals surface area contributed by atoms with Crippen LogP contribution in [0.2, 0.25) is 0 Å². The zero-order valence-corrected chi connectivity index (χ0v) is 11.6. The van der Waals surface area contributed by atoms with Crippen LogP contribution in [0.25, 0.3) is 0 Å². The lowest BCUT2D eigenvalue weighted by atomic mass is 10.1. The molecule has 0 aliphatic carbocycles. The Balaban J connectivity index is 1.74. The van der Waals surface area contributed by atoms with E-state index in [9.17, 15) is 4.79 Å². The van der Waals surface area contributed by atoms with Crippen LogP contribution >= 0.6 is 0 Å². The molecule has 2 rings (SSSR count). The van der Waals surface area contributed by atoms with Crippen LogP contribution in [-0.2, 0) is 6.42 Å². The molecule has 1 aliphatic rings. The first-order chi connectivity index (χ1) is 9.75. The second-order valence-corrected chi connectivity index (χ2v) is 4.82. The van der Waals surface area contributed by atoms with Crippen LogP contribution in [0.3, 0.4) is 0 Å². The van der Waals surface area contributed by atoms with E-state index in [-0.39, 0.29) is 6.03 Å². The van der Waals surface area contributed by atoms with Crippen LogP contribution in [0.4, 0.5) is 4.79 Å². The second-order valence-electron chi connectivity index (χ2n) is 4.82. The number of urea groups is 1. The molecule has 108 valence electrons. The van der Waals surface area contributed by atoms with E-state index in [1.807, 2.05) is 23.1 Å². The summed E-state index contributed by atoms with van der Waals surface area (Å²) >= 11 is 0. The summed E-state index contributed by atoms with van der Waals surface area (Å²) in [5, 5.41) is 2.73. The molecule has 20 heavy (non-hydrogen) atoms. The Hall–Kier alpha value is -2.11. The highest BCUT2D eigenvalue weighted by atomic mass is 16.2. The Labute approximate surface area is 119 Å². The number of hydrogen-bond donors (Lipinski definition) is 2. The number of aliphatic imine (C=N–C) groups is 1. The molecule has 1 aromatic heterocycles. The van der Waals surface area contributed by atoms with Gasteiger partial charge < -0.3 is 16.0 Å². The third kappa shape index (κ3) is 4.53. The zero-order valence-electron chi connectivity index (χ0n) is 11.6. The summed E-state index contributed by atoms with van der Waals surface area (Å²) in [6, 6.07) is 5.34. The summed E-state index contributed by atoms with van der Waals surface area (Å²) in [4.78, 5) is 21.7. The standard InChI is InChI=1S/C14H21N5O/c15-13(19-10-4-1-5-11-19)18-14(20)17-9-7-12-6-2-3-8-16-12/h2-3,6,8H,1,4-5,7,9-11H2,(H3,15,17,18,20). The highest BCUT2D eigenvalue weighted by Crippen LogP contribution is 2.07. The molecule has 3 N–H and O–H groups in total. The van der Waals surface area contributed by atoms with Crippen molar-refractivity contribution in [2.75, 3.05) is 19.6 Å². The Morgan fingerprint density at radius 2 is 2.15 bits per heavy atom. The van der Waals surface area contributed by atoms with Crippen LogP contribution in [-0.4, -0.2) is 41.5 Å². The second kappa shape index (κ2) is 7.47. The third-order valence-corrected chi connectivity index (χ3v) is 3.28. The van der Waals surface area contributed by atoms with Gasteiger partial charge in [-0.1, -0.05) is 6.07 Å². The predicted molar refractivity (Wildman–Crippen MR) is 78.4 cm³/mol. The Bertz CT molecular complexity index is 454. The molecule has 0 aromatic carbocycles. The molecule has 0 spiro atoms. The van der Waals surface area contributed by atoms with Gasteiger partial charge in [0.05, 0.1) is 0 Å². The minimum Gasteiger partial charge on any atom is -0.369 e. The molecule has 0 unspecified atom stereocenters. The van der Waals surface area contributed by atoms with E-state index >= 15 is 0 Å². The van der Waals surface area contributed by atoms with Crippen LogP contribution < -0.4 is 11.1 Å². The van der Waals surface area contributed by atoms with Gasteiger partial charge >= 0.3 is 6.03 Å². The summed E-state index contributed by atoms with van der Waals surface area (Å²) in [6.07, 6.45) is 5.87. The lowest BCUT2D eigenvalue weighted by Gasteiger charge is -2.27. The van der Waals surface area contributed by atoms with E-state index in [0.29, 0.717) is 18.9 Å². The van der Waals surface area contributed by atoms with Gasteiger partial charge in [-0.3, -0.25) is 4.98 Å². The van der Waals surface area contributed by atoms with Crippen molar-refractivity contribution in [2.24, 2.45) is 10.7 Å². The number of pyridine rings is 1. The van der Waals surface area contributed by atoms with Crippen LogP contribution in [0.5, 0.6) is 0 Å². The maximum atomic E-state index is 11.7. The Morgan fingerprint density at radius 3 is 2.85 bits per heavy atom. The molecule has 1 fully saturated rings. The maximum Gasteiger partial charge on any atom is 0.344 e. The monoisotopic (exact) mass is 275 g/mol. The molecule has 0 atom stereocenters. The van der Waals surface area contributed by atoms with Crippen molar-refractivity contribution in [1.82, 2.24) is 15.2 Å². The Kier molecular flexibility index (Phi) is 5.34. The van der Waals surface area contributed by atoms with E-state index < -0.39 is 0 Å². The fraction of sp³-hybridized carbons (Fsp3) is 0.500. The number of amides is 2. The van der Waals surface area contributed by atoms with Crippen molar-refractivity contribution in [3.8, 4) is 0 Å². The lowest BCUT2D eigenvalue weighted by Crippen LogP contribution is -2.42. The summed E-state index contributed by atoms with van der Waals surface area (Å²) in [7, 11) is 0. The highest BCUT2D eigenvalue weighted by molar-refractivity contribution is 5.91. The van der Waals surface area contributed by atoms with Crippen LogP contribution in [0.1, 0.15) is 25.0 Å². The summed E-state index contributed by atoms with van der Waals surface area (Å²) in [5.74, 6) is 0.319. The van der Waals surface area contributed by atoms with E-state index in [4.69, 9.17) is 5.73 Å². The number of hydrogen-bond acceptors (Lipinski definition) is 2. The molecule has 0 saturated carbocycles. The Morgan fingerprint density at radius 1 is 1.35 bits per heavy atom. The maximum absolute atomic E-state index is 11.7. The number of likely N-dealkylation sites (tertiary alicyclic amines) is 1. The lowest BCUT2D eigenvalue weighted by molar-refractivity contribution is 0.248. The SMILES string of the molecule is NC(=NC(=O)NCCc1ccccn1)N1CCCCC1. The van der Waals surface area contributed by atoms with Crippen molar-refractivity contribution >= 4 is 12.0 Å². The van der Waals surface area contributed by atoms with Gasteiger partial charge in [-0.25, -0.2) is 4.79 Å². The number of rotatable bonds is 3. The molecule has 1 aromatic rings. The quantitative estimate of drug-likeness (QED) is 0.640.